The first kappa shape index (κ1) is 16.0. The molecule has 0 aromatic heterocycles. The molecule has 1 aliphatic rings. The predicted octanol–water partition coefficient (Wildman–Crippen LogP) is 1.35. The third kappa shape index (κ3) is 5.59. The zero-order valence-corrected chi connectivity index (χ0v) is 12.0. The van der Waals surface area contributed by atoms with Gasteiger partial charge >= 0.3 is 5.97 Å². The van der Waals surface area contributed by atoms with Crippen LogP contribution in [0.25, 0.3) is 0 Å². The first-order valence-corrected chi connectivity index (χ1v) is 7.28. The number of hydrogen-bond donors (Lipinski definition) is 2. The Balaban J connectivity index is 2.26. The van der Waals surface area contributed by atoms with Crippen molar-refractivity contribution in [3.05, 3.63) is 0 Å². The van der Waals surface area contributed by atoms with Gasteiger partial charge in [-0.25, -0.2) is 0 Å². The monoisotopic (exact) mass is 270 g/mol. The van der Waals surface area contributed by atoms with Gasteiger partial charge in [-0.15, -0.1) is 0 Å². The minimum absolute atomic E-state index is 0.00556. The molecule has 0 radical (unpaired) electrons. The van der Waals surface area contributed by atoms with Gasteiger partial charge in [-0.3, -0.25) is 9.59 Å². The fraction of sp³-hybridized carbons (Fsp3) is 0.857. The summed E-state index contributed by atoms with van der Waals surface area (Å²) < 4.78 is 5.02. The molecule has 0 heterocycles. The van der Waals surface area contributed by atoms with Gasteiger partial charge in [0.05, 0.1) is 12.5 Å². The van der Waals surface area contributed by atoms with Crippen LogP contribution in [0, 0.1) is 5.92 Å². The molecule has 1 aliphatic carbocycles. The second kappa shape index (κ2) is 8.15. The number of ether oxygens (including phenoxy) is 1. The maximum Gasteiger partial charge on any atom is 0.308 e. The van der Waals surface area contributed by atoms with Crippen molar-refractivity contribution in [2.45, 2.75) is 64.5 Å². The molecule has 0 spiro atoms. The van der Waals surface area contributed by atoms with Gasteiger partial charge in [-0.1, -0.05) is 6.92 Å². The Hall–Kier alpha value is -1.10. The van der Waals surface area contributed by atoms with Gasteiger partial charge in [0.1, 0.15) is 0 Å². The molecule has 1 unspecified atom stereocenters. The van der Waals surface area contributed by atoms with Crippen LogP contribution in [0.5, 0.6) is 0 Å². The summed E-state index contributed by atoms with van der Waals surface area (Å²) in [6.07, 6.45) is 4.47. The smallest absolute Gasteiger partial charge is 0.308 e. The van der Waals surface area contributed by atoms with E-state index in [2.05, 4.69) is 5.32 Å². The van der Waals surface area contributed by atoms with Crippen molar-refractivity contribution in [1.29, 1.82) is 0 Å². The van der Waals surface area contributed by atoms with Crippen molar-refractivity contribution in [2.24, 2.45) is 11.7 Å². The standard InChI is InChI=1S/C14H26N2O3/c1-3-11(15)9-13(17)16-12-7-5-10(6-8-12)14(18)19-4-2/h10-12H,3-9,15H2,1-2H3,(H,16,17). The van der Waals surface area contributed by atoms with Crippen molar-refractivity contribution < 1.29 is 14.3 Å². The highest BCUT2D eigenvalue weighted by atomic mass is 16.5. The van der Waals surface area contributed by atoms with Gasteiger partial charge in [0.25, 0.3) is 0 Å². The maximum atomic E-state index is 11.7. The molecule has 0 aromatic rings. The first-order valence-electron chi connectivity index (χ1n) is 7.28. The molecule has 5 nitrogen and oxygen atoms in total. The van der Waals surface area contributed by atoms with E-state index < -0.39 is 0 Å². The predicted molar refractivity (Wildman–Crippen MR) is 73.4 cm³/mol. The molecule has 1 atom stereocenters. The average Bonchev–Trinajstić information content (AvgIpc) is 2.39. The second-order valence-corrected chi connectivity index (χ2v) is 5.24. The number of hydrogen-bond acceptors (Lipinski definition) is 4. The Kier molecular flexibility index (Phi) is 6.84. The number of amides is 1. The normalized spacial score (nSPS) is 24.6. The average molecular weight is 270 g/mol. The lowest BCUT2D eigenvalue weighted by Gasteiger charge is -2.28. The highest BCUT2D eigenvalue weighted by Crippen LogP contribution is 2.25. The van der Waals surface area contributed by atoms with E-state index in [1.165, 1.54) is 0 Å². The van der Waals surface area contributed by atoms with Crippen LogP contribution in [0.3, 0.4) is 0 Å². The van der Waals surface area contributed by atoms with Gasteiger partial charge in [-0.2, -0.15) is 0 Å². The summed E-state index contributed by atoms with van der Waals surface area (Å²) in [5, 5.41) is 3.00. The summed E-state index contributed by atoms with van der Waals surface area (Å²) >= 11 is 0. The summed E-state index contributed by atoms with van der Waals surface area (Å²) in [6.45, 7) is 4.23. The molecule has 5 heteroatoms. The topological polar surface area (TPSA) is 81.4 Å². The van der Waals surface area contributed by atoms with Gasteiger partial charge in [-0.05, 0) is 39.0 Å². The van der Waals surface area contributed by atoms with Crippen LogP contribution in [-0.4, -0.2) is 30.6 Å². The van der Waals surface area contributed by atoms with Crippen LogP contribution in [0.1, 0.15) is 52.4 Å². The van der Waals surface area contributed by atoms with Crippen molar-refractivity contribution >= 4 is 11.9 Å². The van der Waals surface area contributed by atoms with Crippen LogP contribution in [0.4, 0.5) is 0 Å². The van der Waals surface area contributed by atoms with Crippen LogP contribution in [0.2, 0.25) is 0 Å². The molecule has 1 rings (SSSR count). The number of carbonyl (C=O) groups excluding carboxylic acids is 2. The Bertz CT molecular complexity index is 299. The van der Waals surface area contributed by atoms with E-state index in [1.54, 1.807) is 0 Å². The fourth-order valence-electron chi connectivity index (χ4n) is 2.40. The van der Waals surface area contributed by atoms with Crippen molar-refractivity contribution in [3.63, 3.8) is 0 Å². The minimum Gasteiger partial charge on any atom is -0.466 e. The molecule has 1 fully saturated rings. The lowest BCUT2D eigenvalue weighted by Crippen LogP contribution is -2.41. The van der Waals surface area contributed by atoms with Crippen LogP contribution in [-0.2, 0) is 14.3 Å². The van der Waals surface area contributed by atoms with Crippen LogP contribution >= 0.6 is 0 Å². The van der Waals surface area contributed by atoms with E-state index in [0.717, 1.165) is 32.1 Å². The summed E-state index contributed by atoms with van der Waals surface area (Å²) in [5.41, 5.74) is 5.75. The largest absolute Gasteiger partial charge is 0.466 e. The Labute approximate surface area is 115 Å². The third-order valence-electron chi connectivity index (χ3n) is 3.68. The molecular weight excluding hydrogens is 244 g/mol. The Morgan fingerprint density at radius 1 is 1.26 bits per heavy atom. The molecule has 0 saturated heterocycles. The Morgan fingerprint density at radius 3 is 2.42 bits per heavy atom. The number of nitrogens with two attached hydrogens (primary N) is 1. The molecule has 0 aromatic carbocycles. The van der Waals surface area contributed by atoms with Crippen LogP contribution in [0.15, 0.2) is 0 Å². The van der Waals surface area contributed by atoms with E-state index in [9.17, 15) is 9.59 Å². The lowest BCUT2D eigenvalue weighted by atomic mass is 9.86. The van der Waals surface area contributed by atoms with Crippen molar-refractivity contribution in [1.82, 2.24) is 5.32 Å². The first-order chi connectivity index (χ1) is 9.06. The van der Waals surface area contributed by atoms with Gasteiger partial charge in [0.2, 0.25) is 5.91 Å². The maximum absolute atomic E-state index is 11.7. The fourth-order valence-corrected chi connectivity index (χ4v) is 2.40. The molecule has 3 N–H and O–H groups in total. The summed E-state index contributed by atoms with van der Waals surface area (Å²) in [5.74, 6) is -0.0692. The molecule has 19 heavy (non-hydrogen) atoms. The number of esters is 1. The van der Waals surface area contributed by atoms with E-state index in [-0.39, 0.29) is 29.9 Å². The van der Waals surface area contributed by atoms with Crippen molar-refractivity contribution in [2.75, 3.05) is 6.61 Å². The SMILES string of the molecule is CCOC(=O)C1CCC(NC(=O)CC(N)CC)CC1. The van der Waals surface area contributed by atoms with E-state index in [4.69, 9.17) is 10.5 Å². The Morgan fingerprint density at radius 2 is 1.89 bits per heavy atom. The quantitative estimate of drug-likeness (QED) is 0.714. The van der Waals surface area contributed by atoms with Gasteiger partial charge < -0.3 is 15.8 Å². The van der Waals surface area contributed by atoms with E-state index >= 15 is 0 Å². The highest BCUT2D eigenvalue weighted by Gasteiger charge is 2.27. The summed E-state index contributed by atoms with van der Waals surface area (Å²) in [6, 6.07) is 0.123. The molecule has 1 saturated carbocycles. The second-order valence-electron chi connectivity index (χ2n) is 5.24. The summed E-state index contributed by atoms with van der Waals surface area (Å²) in [7, 11) is 0. The molecule has 1 amide bonds. The summed E-state index contributed by atoms with van der Waals surface area (Å²) in [4.78, 5) is 23.3. The number of carbonyl (C=O) groups is 2. The van der Waals surface area contributed by atoms with E-state index in [1.807, 2.05) is 13.8 Å². The highest BCUT2D eigenvalue weighted by molar-refractivity contribution is 5.77. The lowest BCUT2D eigenvalue weighted by molar-refractivity contribution is -0.149. The van der Waals surface area contributed by atoms with Crippen molar-refractivity contribution in [3.8, 4) is 0 Å². The number of rotatable bonds is 6. The molecular formula is C14H26N2O3. The number of nitrogens with one attached hydrogen (secondary N) is 1. The molecule has 0 aliphatic heterocycles. The molecule has 0 bridgehead atoms. The molecule has 110 valence electrons. The minimum atomic E-state index is -0.0970. The van der Waals surface area contributed by atoms with Gasteiger partial charge in [0, 0.05) is 18.5 Å². The zero-order valence-electron chi connectivity index (χ0n) is 12.0. The third-order valence-corrected chi connectivity index (χ3v) is 3.68. The zero-order chi connectivity index (χ0) is 14.3. The van der Waals surface area contributed by atoms with E-state index in [0.29, 0.717) is 13.0 Å². The van der Waals surface area contributed by atoms with Crippen LogP contribution < -0.4 is 11.1 Å². The van der Waals surface area contributed by atoms with Gasteiger partial charge in [0.15, 0.2) is 0 Å².